The lowest BCUT2D eigenvalue weighted by molar-refractivity contribution is -0.145. The molecule has 0 aromatic carbocycles. The molecule has 1 rings (SSSR count). The zero-order valence-corrected chi connectivity index (χ0v) is 10.8. The molecule has 0 radical (unpaired) electrons. The molecule has 16 heavy (non-hydrogen) atoms. The summed E-state index contributed by atoms with van der Waals surface area (Å²) < 4.78 is 0. The van der Waals surface area contributed by atoms with Crippen molar-refractivity contribution in [3.05, 3.63) is 0 Å². The number of hydrogen-bond donors (Lipinski definition) is 1. The quantitative estimate of drug-likeness (QED) is 0.764. The Labute approximate surface area is 98.2 Å². The number of carbonyl (C=O) groups is 1. The van der Waals surface area contributed by atoms with Crippen LogP contribution in [-0.4, -0.2) is 59.6 Å². The van der Waals surface area contributed by atoms with Crippen molar-refractivity contribution in [3.63, 3.8) is 0 Å². The molecule has 2 unspecified atom stereocenters. The molecule has 0 spiro atoms. The summed E-state index contributed by atoms with van der Waals surface area (Å²) in [6.45, 7) is 8.08. The van der Waals surface area contributed by atoms with Crippen LogP contribution in [0.1, 0.15) is 27.2 Å². The van der Waals surface area contributed by atoms with Crippen molar-refractivity contribution in [1.29, 1.82) is 0 Å². The fraction of sp³-hybridized carbons (Fsp3) is 0.917. The van der Waals surface area contributed by atoms with Gasteiger partial charge in [-0.1, -0.05) is 13.8 Å². The van der Waals surface area contributed by atoms with Gasteiger partial charge in [0.05, 0.1) is 6.61 Å². The van der Waals surface area contributed by atoms with Gasteiger partial charge in [0, 0.05) is 19.6 Å². The Kier molecular flexibility index (Phi) is 4.74. The highest BCUT2D eigenvalue weighted by molar-refractivity contribution is 5.82. The first-order valence-corrected chi connectivity index (χ1v) is 6.09. The lowest BCUT2D eigenvalue weighted by Gasteiger charge is -2.42. The second-order valence-corrected chi connectivity index (χ2v) is 5.17. The summed E-state index contributed by atoms with van der Waals surface area (Å²) in [6, 6.07) is -0.0950. The molecule has 1 fully saturated rings. The van der Waals surface area contributed by atoms with Crippen LogP contribution in [0.25, 0.3) is 0 Å². The lowest BCUT2D eigenvalue weighted by Crippen LogP contribution is -2.60. The zero-order valence-electron chi connectivity index (χ0n) is 10.8. The maximum atomic E-state index is 11.9. The Bertz CT molecular complexity index is 243. The lowest BCUT2D eigenvalue weighted by atomic mass is 10.0. The van der Waals surface area contributed by atoms with Crippen LogP contribution in [0.3, 0.4) is 0 Å². The Morgan fingerprint density at radius 1 is 1.50 bits per heavy atom. The van der Waals surface area contributed by atoms with Crippen molar-refractivity contribution < 1.29 is 9.90 Å². The van der Waals surface area contributed by atoms with E-state index in [2.05, 4.69) is 18.7 Å². The van der Waals surface area contributed by atoms with Crippen LogP contribution in [0, 0.1) is 5.92 Å². The van der Waals surface area contributed by atoms with Crippen LogP contribution in [-0.2, 0) is 4.79 Å². The second-order valence-electron chi connectivity index (χ2n) is 5.17. The molecular formula is C12H24N2O2. The van der Waals surface area contributed by atoms with Crippen LogP contribution in [0.4, 0.5) is 0 Å². The van der Waals surface area contributed by atoms with E-state index in [1.54, 1.807) is 4.90 Å². The van der Waals surface area contributed by atoms with Crippen molar-refractivity contribution in [3.8, 4) is 0 Å². The summed E-state index contributed by atoms with van der Waals surface area (Å²) in [5.74, 6) is 0.675. The Hall–Kier alpha value is -0.610. The Balaban J connectivity index is 2.63. The first-order chi connectivity index (χ1) is 7.47. The highest BCUT2D eigenvalue weighted by Crippen LogP contribution is 2.16. The third-order valence-corrected chi connectivity index (χ3v) is 3.40. The van der Waals surface area contributed by atoms with E-state index in [1.165, 1.54) is 0 Å². The number of aliphatic hydroxyl groups excluding tert-OH is 1. The third kappa shape index (κ3) is 2.95. The third-order valence-electron chi connectivity index (χ3n) is 3.40. The van der Waals surface area contributed by atoms with E-state index >= 15 is 0 Å². The molecule has 1 N–H and O–H groups in total. The number of rotatable bonds is 4. The first-order valence-electron chi connectivity index (χ1n) is 6.09. The van der Waals surface area contributed by atoms with E-state index in [1.807, 2.05) is 14.0 Å². The van der Waals surface area contributed by atoms with E-state index in [9.17, 15) is 9.90 Å². The number of aliphatic hydroxyl groups is 1. The van der Waals surface area contributed by atoms with Gasteiger partial charge in [0.2, 0.25) is 5.91 Å². The molecule has 1 amide bonds. The fourth-order valence-electron chi connectivity index (χ4n) is 2.06. The van der Waals surface area contributed by atoms with Gasteiger partial charge in [0.1, 0.15) is 6.04 Å². The van der Waals surface area contributed by atoms with Gasteiger partial charge in [0.15, 0.2) is 0 Å². The number of amides is 1. The number of likely N-dealkylation sites (N-methyl/N-ethyl adjacent to an activating group) is 1. The van der Waals surface area contributed by atoms with Gasteiger partial charge < -0.3 is 10.0 Å². The van der Waals surface area contributed by atoms with Crippen LogP contribution in [0.5, 0.6) is 0 Å². The maximum absolute atomic E-state index is 11.9. The first kappa shape index (κ1) is 13.5. The number of piperazine rings is 1. The van der Waals surface area contributed by atoms with Crippen molar-refractivity contribution in [2.24, 2.45) is 5.92 Å². The average molecular weight is 228 g/mol. The molecule has 0 aromatic heterocycles. The normalized spacial score (nSPS) is 27.9. The van der Waals surface area contributed by atoms with E-state index in [0.29, 0.717) is 5.92 Å². The van der Waals surface area contributed by atoms with Crippen molar-refractivity contribution in [1.82, 2.24) is 9.80 Å². The maximum Gasteiger partial charge on any atom is 0.242 e. The van der Waals surface area contributed by atoms with Gasteiger partial charge in [-0.15, -0.1) is 0 Å². The van der Waals surface area contributed by atoms with Crippen LogP contribution in [0.2, 0.25) is 0 Å². The standard InChI is InChI=1S/C12H24N2O2/c1-9(2)5-6-14-7-10(3)13(4)12(16)11(14)8-15/h9-11,15H,5-8H2,1-4H3. The number of hydrogen-bond acceptors (Lipinski definition) is 3. The monoisotopic (exact) mass is 228 g/mol. The average Bonchev–Trinajstić information content (AvgIpc) is 2.23. The van der Waals surface area contributed by atoms with E-state index in [4.69, 9.17) is 0 Å². The molecule has 0 aromatic rings. The smallest absolute Gasteiger partial charge is 0.242 e. The van der Waals surface area contributed by atoms with Crippen LogP contribution >= 0.6 is 0 Å². The number of nitrogens with zero attached hydrogens (tertiary/aromatic N) is 2. The zero-order chi connectivity index (χ0) is 12.3. The Morgan fingerprint density at radius 2 is 2.12 bits per heavy atom. The summed E-state index contributed by atoms with van der Waals surface area (Å²) in [6.07, 6.45) is 1.07. The summed E-state index contributed by atoms with van der Waals surface area (Å²) >= 11 is 0. The number of carbonyl (C=O) groups excluding carboxylic acids is 1. The summed E-state index contributed by atoms with van der Waals surface area (Å²) in [4.78, 5) is 15.8. The van der Waals surface area contributed by atoms with E-state index in [-0.39, 0.29) is 24.6 Å². The molecular weight excluding hydrogens is 204 g/mol. The van der Waals surface area contributed by atoms with Crippen molar-refractivity contribution >= 4 is 5.91 Å². The van der Waals surface area contributed by atoms with E-state index in [0.717, 1.165) is 19.5 Å². The molecule has 94 valence electrons. The minimum atomic E-state index is -0.333. The van der Waals surface area contributed by atoms with Crippen molar-refractivity contribution in [2.45, 2.75) is 39.3 Å². The molecule has 1 aliphatic rings. The minimum Gasteiger partial charge on any atom is -0.394 e. The second kappa shape index (κ2) is 5.64. The molecule has 0 saturated carbocycles. The van der Waals surface area contributed by atoms with Gasteiger partial charge in [0.25, 0.3) is 0 Å². The van der Waals surface area contributed by atoms with Crippen LogP contribution in [0.15, 0.2) is 0 Å². The molecule has 0 aliphatic carbocycles. The molecule has 4 nitrogen and oxygen atoms in total. The summed E-state index contributed by atoms with van der Waals surface area (Å²) in [5, 5.41) is 9.31. The van der Waals surface area contributed by atoms with Gasteiger partial charge >= 0.3 is 0 Å². The molecule has 2 atom stereocenters. The molecule has 1 heterocycles. The highest BCUT2D eigenvalue weighted by atomic mass is 16.3. The van der Waals surface area contributed by atoms with Gasteiger partial charge in [-0.3, -0.25) is 9.69 Å². The molecule has 1 saturated heterocycles. The van der Waals surface area contributed by atoms with Gasteiger partial charge in [-0.05, 0) is 25.8 Å². The topological polar surface area (TPSA) is 43.8 Å². The molecule has 0 bridgehead atoms. The minimum absolute atomic E-state index is 0.0463. The molecule has 4 heteroatoms. The SMILES string of the molecule is CC(C)CCN1CC(C)N(C)C(=O)C1CO. The predicted molar refractivity (Wildman–Crippen MR) is 64.1 cm³/mol. The van der Waals surface area contributed by atoms with Crippen molar-refractivity contribution in [2.75, 3.05) is 26.7 Å². The summed E-state index contributed by atoms with van der Waals surface area (Å²) in [7, 11) is 1.81. The fourth-order valence-corrected chi connectivity index (χ4v) is 2.06. The Morgan fingerprint density at radius 3 is 2.62 bits per heavy atom. The van der Waals surface area contributed by atoms with Crippen LogP contribution < -0.4 is 0 Å². The van der Waals surface area contributed by atoms with E-state index < -0.39 is 0 Å². The van der Waals surface area contributed by atoms with Gasteiger partial charge in [-0.2, -0.15) is 0 Å². The predicted octanol–water partition coefficient (Wildman–Crippen LogP) is 0.556. The van der Waals surface area contributed by atoms with Gasteiger partial charge in [-0.25, -0.2) is 0 Å². The summed E-state index contributed by atoms with van der Waals surface area (Å²) in [5.41, 5.74) is 0. The largest absolute Gasteiger partial charge is 0.394 e. The highest BCUT2D eigenvalue weighted by Gasteiger charge is 2.35. The molecule has 1 aliphatic heterocycles.